The first-order valence-corrected chi connectivity index (χ1v) is 11.7. The van der Waals surface area contributed by atoms with Crippen molar-refractivity contribution >= 4 is 11.9 Å². The summed E-state index contributed by atoms with van der Waals surface area (Å²) in [5.41, 5.74) is -1.58. The summed E-state index contributed by atoms with van der Waals surface area (Å²) in [6.45, 7) is 4.66. The third kappa shape index (κ3) is 2.36. The third-order valence-corrected chi connectivity index (χ3v) is 8.66. The van der Waals surface area contributed by atoms with E-state index in [4.69, 9.17) is 18.9 Å². The molecule has 2 aliphatic heterocycles. The molecule has 2 saturated heterocycles. The Bertz CT molecular complexity index is 899. The molecule has 0 saturated carbocycles. The lowest BCUT2D eigenvalue weighted by Crippen LogP contribution is -2.70. The van der Waals surface area contributed by atoms with E-state index in [1.54, 1.807) is 19.9 Å². The van der Waals surface area contributed by atoms with Crippen LogP contribution in [0.15, 0.2) is 23.3 Å². The van der Waals surface area contributed by atoms with Gasteiger partial charge in [0.2, 0.25) is 5.60 Å². The first-order valence-electron chi connectivity index (χ1n) is 11.7. The van der Waals surface area contributed by atoms with Crippen LogP contribution in [0, 0.1) is 11.3 Å². The van der Waals surface area contributed by atoms with Gasteiger partial charge in [0.05, 0.1) is 13.2 Å². The normalized spacial score (nSPS) is 44.3. The van der Waals surface area contributed by atoms with Crippen LogP contribution < -0.4 is 0 Å². The Hall–Kier alpha value is -1.74. The summed E-state index contributed by atoms with van der Waals surface area (Å²) in [5, 5.41) is 11.4. The minimum Gasteiger partial charge on any atom is -0.464 e. The smallest absolute Gasteiger partial charge is 0.342 e. The van der Waals surface area contributed by atoms with Crippen molar-refractivity contribution in [1.82, 2.24) is 4.90 Å². The van der Waals surface area contributed by atoms with Gasteiger partial charge < -0.3 is 29.0 Å². The number of piperidine rings is 1. The van der Waals surface area contributed by atoms with Gasteiger partial charge in [-0.05, 0) is 58.7 Å². The average Bonchev–Trinajstić information content (AvgIpc) is 3.10. The number of aliphatic hydroxyl groups is 1. The molecule has 5 aliphatic rings. The highest BCUT2D eigenvalue weighted by Crippen LogP contribution is 2.70. The van der Waals surface area contributed by atoms with Crippen LogP contribution in [0.4, 0.5) is 0 Å². The van der Waals surface area contributed by atoms with Crippen LogP contribution in [0.25, 0.3) is 0 Å². The molecule has 176 valence electrons. The summed E-state index contributed by atoms with van der Waals surface area (Å²) in [7, 11) is 3.61. The maximum absolute atomic E-state index is 13.7. The van der Waals surface area contributed by atoms with E-state index in [-0.39, 0.29) is 25.2 Å². The Labute approximate surface area is 188 Å². The summed E-state index contributed by atoms with van der Waals surface area (Å²) in [6, 6.07) is 0.194. The highest BCUT2D eigenvalue weighted by atomic mass is 16.6. The Morgan fingerprint density at radius 3 is 2.59 bits per heavy atom. The molecule has 1 spiro atoms. The second-order valence-corrected chi connectivity index (χ2v) is 9.61. The van der Waals surface area contributed by atoms with Gasteiger partial charge in [-0.15, -0.1) is 0 Å². The van der Waals surface area contributed by atoms with Crippen LogP contribution in [-0.2, 0) is 28.5 Å². The molecule has 32 heavy (non-hydrogen) atoms. The number of carbonyl (C=O) groups is 2. The molecular weight excluding hydrogens is 414 g/mol. The lowest BCUT2D eigenvalue weighted by Gasteiger charge is -2.60. The molecule has 1 N–H and O–H groups in total. The van der Waals surface area contributed by atoms with Crippen LogP contribution in [0.1, 0.15) is 39.5 Å². The number of hydrogen-bond acceptors (Lipinski definition) is 8. The number of aliphatic hydroxyl groups excluding tert-OH is 1. The summed E-state index contributed by atoms with van der Waals surface area (Å²) in [6.07, 6.45) is 4.28. The monoisotopic (exact) mass is 447 g/mol. The number of nitrogens with zero attached hydrogens (tertiary/aromatic N) is 1. The zero-order valence-corrected chi connectivity index (χ0v) is 19.3. The topological polar surface area (TPSA) is 94.5 Å². The zero-order chi connectivity index (χ0) is 22.9. The SMILES string of the molecule is CCOC(=O)C1(OC)CCC2=C3C1O[C@@]1(C(=O)OCC)[C@@H](O)C=C[C@H]4[C@@H](C2)N(C)CC[C@@]341. The molecule has 2 bridgehead atoms. The molecule has 8 nitrogen and oxygen atoms in total. The van der Waals surface area contributed by atoms with Crippen LogP contribution in [0.5, 0.6) is 0 Å². The van der Waals surface area contributed by atoms with Crippen molar-refractivity contribution in [2.45, 2.75) is 69.0 Å². The molecule has 8 heteroatoms. The van der Waals surface area contributed by atoms with Crippen molar-refractivity contribution in [3.05, 3.63) is 23.3 Å². The fourth-order valence-corrected chi connectivity index (χ4v) is 7.33. The first kappa shape index (κ1) is 22.1. The fraction of sp³-hybridized carbons (Fsp3) is 0.750. The van der Waals surface area contributed by atoms with Crippen molar-refractivity contribution in [2.24, 2.45) is 11.3 Å². The van der Waals surface area contributed by atoms with E-state index in [1.807, 2.05) is 6.08 Å². The molecule has 0 aromatic heterocycles. The molecule has 3 aliphatic carbocycles. The Morgan fingerprint density at radius 2 is 1.91 bits per heavy atom. The fourth-order valence-electron chi connectivity index (χ4n) is 7.33. The van der Waals surface area contributed by atoms with Crippen molar-refractivity contribution in [3.63, 3.8) is 0 Å². The number of ether oxygens (including phenoxy) is 4. The van der Waals surface area contributed by atoms with Gasteiger partial charge >= 0.3 is 11.9 Å². The van der Waals surface area contributed by atoms with E-state index < -0.39 is 40.8 Å². The van der Waals surface area contributed by atoms with E-state index in [0.29, 0.717) is 19.3 Å². The largest absolute Gasteiger partial charge is 0.464 e. The Balaban J connectivity index is 1.78. The average molecular weight is 448 g/mol. The van der Waals surface area contributed by atoms with Crippen LogP contribution in [0.3, 0.4) is 0 Å². The summed E-state index contributed by atoms with van der Waals surface area (Å²) < 4.78 is 23.5. The van der Waals surface area contributed by atoms with E-state index in [2.05, 4.69) is 11.9 Å². The number of esters is 2. The van der Waals surface area contributed by atoms with Crippen molar-refractivity contribution in [1.29, 1.82) is 0 Å². The van der Waals surface area contributed by atoms with E-state index >= 15 is 0 Å². The summed E-state index contributed by atoms with van der Waals surface area (Å²) in [5.74, 6) is -1.09. The second kappa shape index (κ2) is 7.38. The lowest BCUT2D eigenvalue weighted by atomic mass is 9.46. The highest BCUT2D eigenvalue weighted by molar-refractivity contribution is 5.88. The maximum Gasteiger partial charge on any atom is 0.342 e. The number of methoxy groups -OCH3 is 1. The van der Waals surface area contributed by atoms with Crippen LogP contribution in [0.2, 0.25) is 0 Å². The Kier molecular flexibility index (Phi) is 5.09. The van der Waals surface area contributed by atoms with Gasteiger partial charge in [-0.2, -0.15) is 0 Å². The molecule has 0 aromatic rings. The quantitative estimate of drug-likeness (QED) is 0.499. The van der Waals surface area contributed by atoms with Gasteiger partial charge in [-0.25, -0.2) is 9.59 Å². The molecule has 0 aromatic carbocycles. The minimum atomic E-state index is -1.62. The Morgan fingerprint density at radius 1 is 1.19 bits per heavy atom. The molecule has 0 radical (unpaired) electrons. The predicted molar refractivity (Wildman–Crippen MR) is 114 cm³/mol. The standard InChI is InChI=1S/C24H33NO7/c1-5-30-20(27)23(29-4)10-9-14-13-16-15-7-8-17(26)24(21(28)31-6-2)22(15,11-12-25(16)3)18(14)19(23)32-24/h7-8,15-17,19,26H,5-6,9-13H2,1-4H3/t15-,16+,17-,19?,22-,23?,24+/m0/s1. The molecule has 7 atom stereocenters. The maximum atomic E-state index is 13.7. The van der Waals surface area contributed by atoms with E-state index in [0.717, 1.165) is 18.5 Å². The highest BCUT2D eigenvalue weighted by Gasteiger charge is 2.80. The van der Waals surface area contributed by atoms with Gasteiger partial charge in [0.25, 0.3) is 0 Å². The summed E-state index contributed by atoms with van der Waals surface area (Å²) >= 11 is 0. The third-order valence-electron chi connectivity index (χ3n) is 8.66. The molecule has 5 rings (SSSR count). The van der Waals surface area contributed by atoms with Crippen LogP contribution >= 0.6 is 0 Å². The number of rotatable bonds is 5. The van der Waals surface area contributed by atoms with Crippen molar-refractivity contribution in [3.8, 4) is 0 Å². The van der Waals surface area contributed by atoms with Gasteiger partial charge in [0, 0.05) is 24.5 Å². The predicted octanol–water partition coefficient (Wildman–Crippen LogP) is 1.37. The minimum absolute atomic E-state index is 0.0346. The first-order chi connectivity index (χ1) is 15.3. The van der Waals surface area contributed by atoms with Gasteiger partial charge in [0.1, 0.15) is 12.2 Å². The van der Waals surface area contributed by atoms with Gasteiger partial charge in [-0.1, -0.05) is 17.7 Å². The van der Waals surface area contributed by atoms with Crippen molar-refractivity contribution in [2.75, 3.05) is 33.9 Å². The molecular formula is C24H33NO7. The van der Waals surface area contributed by atoms with E-state index in [1.165, 1.54) is 12.7 Å². The molecule has 2 fully saturated rings. The lowest BCUT2D eigenvalue weighted by molar-refractivity contribution is -0.228. The molecule has 2 heterocycles. The van der Waals surface area contributed by atoms with E-state index in [9.17, 15) is 14.7 Å². The summed E-state index contributed by atoms with van der Waals surface area (Å²) in [4.78, 5) is 29.3. The van der Waals surface area contributed by atoms with Crippen LogP contribution in [-0.4, -0.2) is 85.3 Å². The number of carbonyl (C=O) groups excluding carboxylic acids is 2. The molecule has 0 amide bonds. The van der Waals surface area contributed by atoms with Crippen molar-refractivity contribution < 1.29 is 33.6 Å². The second-order valence-electron chi connectivity index (χ2n) is 9.61. The number of hydrogen-bond donors (Lipinski definition) is 1. The number of likely N-dealkylation sites (tertiary alicyclic amines) is 1. The molecule has 2 unspecified atom stereocenters. The van der Waals surface area contributed by atoms with Gasteiger partial charge in [0.15, 0.2) is 5.60 Å². The zero-order valence-electron chi connectivity index (χ0n) is 19.3. The van der Waals surface area contributed by atoms with Gasteiger partial charge in [-0.3, -0.25) is 0 Å².